The SMILES string of the molecule is CCc1cccc(OCCNC(=O)C2CCCO2)c1. The maximum Gasteiger partial charge on any atom is 0.249 e. The standard InChI is InChI=1S/C15H21NO3/c1-2-12-5-3-6-13(11-12)18-10-8-16-15(17)14-7-4-9-19-14/h3,5-6,11,14H,2,4,7-10H2,1H3,(H,16,17). The summed E-state index contributed by atoms with van der Waals surface area (Å²) in [4.78, 5) is 11.7. The Labute approximate surface area is 114 Å². The zero-order chi connectivity index (χ0) is 13.5. The Hall–Kier alpha value is -1.55. The van der Waals surface area contributed by atoms with E-state index in [-0.39, 0.29) is 12.0 Å². The summed E-state index contributed by atoms with van der Waals surface area (Å²) in [5, 5.41) is 2.83. The topological polar surface area (TPSA) is 47.6 Å². The van der Waals surface area contributed by atoms with Gasteiger partial charge in [-0.05, 0) is 37.0 Å². The fraction of sp³-hybridized carbons (Fsp3) is 0.533. The van der Waals surface area contributed by atoms with Gasteiger partial charge < -0.3 is 14.8 Å². The van der Waals surface area contributed by atoms with Crippen molar-refractivity contribution in [1.29, 1.82) is 0 Å². The molecule has 104 valence electrons. The van der Waals surface area contributed by atoms with E-state index in [1.165, 1.54) is 5.56 Å². The lowest BCUT2D eigenvalue weighted by Crippen LogP contribution is -2.36. The number of hydrogen-bond donors (Lipinski definition) is 1. The van der Waals surface area contributed by atoms with Crippen LogP contribution in [0.25, 0.3) is 0 Å². The van der Waals surface area contributed by atoms with Gasteiger partial charge in [-0.1, -0.05) is 19.1 Å². The van der Waals surface area contributed by atoms with Crippen molar-refractivity contribution in [2.75, 3.05) is 19.8 Å². The van der Waals surface area contributed by atoms with Crippen molar-refractivity contribution in [2.24, 2.45) is 0 Å². The third-order valence-corrected chi connectivity index (χ3v) is 3.20. The Morgan fingerprint density at radius 2 is 2.42 bits per heavy atom. The second-order valence-electron chi connectivity index (χ2n) is 4.64. The monoisotopic (exact) mass is 263 g/mol. The van der Waals surface area contributed by atoms with E-state index < -0.39 is 0 Å². The number of ether oxygens (including phenoxy) is 2. The Bertz CT molecular complexity index is 414. The molecular formula is C15H21NO3. The van der Waals surface area contributed by atoms with Gasteiger partial charge in [0.05, 0.1) is 6.54 Å². The molecule has 0 saturated carbocycles. The summed E-state index contributed by atoms with van der Waals surface area (Å²) in [5.41, 5.74) is 1.25. The van der Waals surface area contributed by atoms with Gasteiger partial charge in [0.25, 0.3) is 0 Å². The molecule has 1 saturated heterocycles. The summed E-state index contributed by atoms with van der Waals surface area (Å²) >= 11 is 0. The summed E-state index contributed by atoms with van der Waals surface area (Å²) < 4.78 is 10.9. The van der Waals surface area contributed by atoms with Gasteiger partial charge in [0.2, 0.25) is 5.91 Å². The number of nitrogens with one attached hydrogen (secondary N) is 1. The fourth-order valence-electron chi connectivity index (χ4n) is 2.10. The molecule has 0 aliphatic carbocycles. The summed E-state index contributed by atoms with van der Waals surface area (Å²) in [7, 11) is 0. The van der Waals surface area contributed by atoms with E-state index >= 15 is 0 Å². The Balaban J connectivity index is 1.67. The van der Waals surface area contributed by atoms with Crippen LogP contribution >= 0.6 is 0 Å². The van der Waals surface area contributed by atoms with Crippen LogP contribution < -0.4 is 10.1 Å². The number of amides is 1. The predicted octanol–water partition coefficient (Wildman–Crippen LogP) is 1.92. The van der Waals surface area contributed by atoms with E-state index in [0.29, 0.717) is 19.8 Å². The molecule has 1 atom stereocenters. The van der Waals surface area contributed by atoms with Gasteiger partial charge in [-0.2, -0.15) is 0 Å². The maximum absolute atomic E-state index is 11.7. The van der Waals surface area contributed by atoms with E-state index in [4.69, 9.17) is 9.47 Å². The van der Waals surface area contributed by atoms with Crippen LogP contribution in [0.1, 0.15) is 25.3 Å². The molecule has 1 amide bonds. The number of benzene rings is 1. The lowest BCUT2D eigenvalue weighted by atomic mass is 10.2. The van der Waals surface area contributed by atoms with Crippen LogP contribution in [0.5, 0.6) is 5.75 Å². The molecule has 4 heteroatoms. The lowest BCUT2D eigenvalue weighted by molar-refractivity contribution is -0.130. The van der Waals surface area contributed by atoms with Crippen molar-refractivity contribution in [2.45, 2.75) is 32.3 Å². The van der Waals surface area contributed by atoms with Gasteiger partial charge in [-0.25, -0.2) is 0 Å². The minimum atomic E-state index is -0.261. The fourth-order valence-corrected chi connectivity index (χ4v) is 2.10. The van der Waals surface area contributed by atoms with Gasteiger partial charge in [-0.3, -0.25) is 4.79 Å². The van der Waals surface area contributed by atoms with Crippen LogP contribution in [0.2, 0.25) is 0 Å². The second-order valence-corrected chi connectivity index (χ2v) is 4.64. The van der Waals surface area contributed by atoms with Crippen molar-refractivity contribution in [3.05, 3.63) is 29.8 Å². The molecular weight excluding hydrogens is 242 g/mol. The second kappa shape index (κ2) is 7.14. The van der Waals surface area contributed by atoms with Gasteiger partial charge in [0.15, 0.2) is 0 Å². The predicted molar refractivity (Wildman–Crippen MR) is 73.3 cm³/mol. The number of carbonyl (C=O) groups is 1. The zero-order valence-corrected chi connectivity index (χ0v) is 11.4. The number of aryl methyl sites for hydroxylation is 1. The molecule has 4 nitrogen and oxygen atoms in total. The van der Waals surface area contributed by atoms with Crippen molar-refractivity contribution in [1.82, 2.24) is 5.32 Å². The third-order valence-electron chi connectivity index (χ3n) is 3.20. The number of hydrogen-bond acceptors (Lipinski definition) is 3. The Morgan fingerprint density at radius 3 is 3.16 bits per heavy atom. The van der Waals surface area contributed by atoms with Crippen LogP contribution in [0.3, 0.4) is 0 Å². The normalized spacial score (nSPS) is 18.3. The largest absolute Gasteiger partial charge is 0.492 e. The molecule has 1 N–H and O–H groups in total. The average molecular weight is 263 g/mol. The minimum absolute atomic E-state index is 0.0246. The Morgan fingerprint density at radius 1 is 1.53 bits per heavy atom. The van der Waals surface area contributed by atoms with E-state index in [9.17, 15) is 4.79 Å². The maximum atomic E-state index is 11.7. The molecule has 19 heavy (non-hydrogen) atoms. The lowest BCUT2D eigenvalue weighted by Gasteiger charge is -2.11. The van der Waals surface area contributed by atoms with E-state index in [1.54, 1.807) is 0 Å². The molecule has 1 heterocycles. The highest BCUT2D eigenvalue weighted by Gasteiger charge is 2.22. The van der Waals surface area contributed by atoms with Gasteiger partial charge in [0, 0.05) is 6.61 Å². The zero-order valence-electron chi connectivity index (χ0n) is 11.4. The number of rotatable bonds is 6. The molecule has 1 aliphatic rings. The van der Waals surface area contributed by atoms with Crippen LogP contribution in [0, 0.1) is 0 Å². The highest BCUT2D eigenvalue weighted by atomic mass is 16.5. The van der Waals surface area contributed by atoms with Gasteiger partial charge in [-0.15, -0.1) is 0 Å². The van der Waals surface area contributed by atoms with E-state index in [1.807, 2.05) is 18.2 Å². The highest BCUT2D eigenvalue weighted by Crippen LogP contribution is 2.13. The first-order valence-corrected chi connectivity index (χ1v) is 6.90. The smallest absolute Gasteiger partial charge is 0.249 e. The summed E-state index contributed by atoms with van der Waals surface area (Å²) in [6, 6.07) is 8.02. The molecule has 1 fully saturated rings. The van der Waals surface area contributed by atoms with Crippen molar-refractivity contribution >= 4 is 5.91 Å². The van der Waals surface area contributed by atoms with E-state index in [0.717, 1.165) is 25.0 Å². The van der Waals surface area contributed by atoms with Crippen molar-refractivity contribution < 1.29 is 14.3 Å². The quantitative estimate of drug-likeness (QED) is 0.798. The molecule has 1 aromatic carbocycles. The molecule has 1 aromatic rings. The first-order valence-electron chi connectivity index (χ1n) is 6.90. The molecule has 1 unspecified atom stereocenters. The average Bonchev–Trinajstić information content (AvgIpc) is 2.98. The van der Waals surface area contributed by atoms with Crippen molar-refractivity contribution in [3.63, 3.8) is 0 Å². The highest BCUT2D eigenvalue weighted by molar-refractivity contribution is 5.80. The minimum Gasteiger partial charge on any atom is -0.492 e. The number of carbonyl (C=O) groups excluding carboxylic acids is 1. The van der Waals surface area contributed by atoms with Gasteiger partial charge >= 0.3 is 0 Å². The first-order chi connectivity index (χ1) is 9.29. The Kier molecular flexibility index (Phi) is 5.21. The molecule has 0 aromatic heterocycles. The molecule has 0 spiro atoms. The summed E-state index contributed by atoms with van der Waals surface area (Å²) in [5.74, 6) is 0.828. The van der Waals surface area contributed by atoms with Gasteiger partial charge in [0.1, 0.15) is 18.5 Å². The van der Waals surface area contributed by atoms with Crippen LogP contribution in [-0.4, -0.2) is 31.8 Å². The summed E-state index contributed by atoms with van der Waals surface area (Å²) in [6.07, 6.45) is 2.53. The first kappa shape index (κ1) is 13.9. The molecule has 1 aliphatic heterocycles. The van der Waals surface area contributed by atoms with Crippen LogP contribution in [0.15, 0.2) is 24.3 Å². The van der Waals surface area contributed by atoms with E-state index in [2.05, 4.69) is 18.3 Å². The molecule has 0 radical (unpaired) electrons. The van der Waals surface area contributed by atoms with Crippen molar-refractivity contribution in [3.8, 4) is 5.75 Å². The third kappa shape index (κ3) is 4.24. The van der Waals surface area contributed by atoms with Crippen LogP contribution in [0.4, 0.5) is 0 Å². The summed E-state index contributed by atoms with van der Waals surface area (Å²) in [6.45, 7) is 3.79. The molecule has 0 bridgehead atoms. The molecule has 2 rings (SSSR count). The van der Waals surface area contributed by atoms with Crippen LogP contribution in [-0.2, 0) is 16.0 Å².